The van der Waals surface area contributed by atoms with Crippen molar-refractivity contribution < 1.29 is 17.9 Å². The molecule has 96 valence electrons. The van der Waals surface area contributed by atoms with E-state index in [0.717, 1.165) is 18.4 Å². The zero-order valence-electron chi connectivity index (χ0n) is 8.96. The number of hydrogen-bond acceptors (Lipinski definition) is 2. The molecule has 0 saturated heterocycles. The Bertz CT molecular complexity index is 395. The third-order valence-electron chi connectivity index (χ3n) is 2.74. The summed E-state index contributed by atoms with van der Waals surface area (Å²) >= 11 is 0. The number of hydrogen-bond donors (Lipinski definition) is 1. The highest BCUT2D eigenvalue weighted by Crippen LogP contribution is 2.36. The lowest BCUT2D eigenvalue weighted by atomic mass is 9.88. The SMILES string of the molecule is Cl.NC1CCCc2c(OC(F)(F)F)cccc21. The Hall–Kier alpha value is -0.940. The van der Waals surface area contributed by atoms with Gasteiger partial charge in [0.1, 0.15) is 5.75 Å². The zero-order chi connectivity index (χ0) is 11.8. The lowest BCUT2D eigenvalue weighted by Gasteiger charge is -2.24. The summed E-state index contributed by atoms with van der Waals surface area (Å²) in [4.78, 5) is 0. The van der Waals surface area contributed by atoms with E-state index in [-0.39, 0.29) is 24.2 Å². The zero-order valence-corrected chi connectivity index (χ0v) is 9.77. The summed E-state index contributed by atoms with van der Waals surface area (Å²) in [6, 6.07) is 4.47. The molecular formula is C11H13ClF3NO. The van der Waals surface area contributed by atoms with Crippen LogP contribution in [0, 0.1) is 0 Å². The molecule has 17 heavy (non-hydrogen) atoms. The van der Waals surface area contributed by atoms with Gasteiger partial charge in [-0.2, -0.15) is 0 Å². The highest BCUT2D eigenvalue weighted by atomic mass is 35.5. The summed E-state index contributed by atoms with van der Waals surface area (Å²) < 4.78 is 40.5. The second-order valence-corrected chi connectivity index (χ2v) is 3.87. The van der Waals surface area contributed by atoms with Gasteiger partial charge in [0.25, 0.3) is 0 Å². The van der Waals surface area contributed by atoms with Crippen molar-refractivity contribution in [2.24, 2.45) is 5.73 Å². The van der Waals surface area contributed by atoms with Crippen molar-refractivity contribution in [3.8, 4) is 5.75 Å². The Morgan fingerprint density at radius 1 is 1.29 bits per heavy atom. The van der Waals surface area contributed by atoms with Gasteiger partial charge < -0.3 is 10.5 Å². The Balaban J connectivity index is 0.00000144. The molecule has 1 aromatic carbocycles. The number of fused-ring (bicyclic) bond motifs is 1. The van der Waals surface area contributed by atoms with E-state index in [1.165, 1.54) is 6.07 Å². The standard InChI is InChI=1S/C11H12F3NO.ClH/c12-11(13,14)16-10-6-2-3-7-8(10)4-1-5-9(7)15;/h2-3,6,9H,1,4-5,15H2;1H. The molecule has 0 heterocycles. The maximum atomic E-state index is 12.2. The minimum atomic E-state index is -4.64. The van der Waals surface area contributed by atoms with E-state index in [2.05, 4.69) is 4.74 Å². The molecule has 0 radical (unpaired) electrons. The first kappa shape index (κ1) is 14.1. The van der Waals surface area contributed by atoms with E-state index in [9.17, 15) is 13.2 Å². The second-order valence-electron chi connectivity index (χ2n) is 3.87. The van der Waals surface area contributed by atoms with Gasteiger partial charge >= 0.3 is 6.36 Å². The first-order valence-electron chi connectivity index (χ1n) is 5.10. The van der Waals surface area contributed by atoms with Crippen LogP contribution in [0.4, 0.5) is 13.2 Å². The van der Waals surface area contributed by atoms with Gasteiger partial charge in [-0.15, -0.1) is 25.6 Å². The first-order valence-corrected chi connectivity index (χ1v) is 5.10. The van der Waals surface area contributed by atoms with Gasteiger partial charge in [-0.05, 0) is 36.5 Å². The van der Waals surface area contributed by atoms with Crippen LogP contribution >= 0.6 is 12.4 Å². The van der Waals surface area contributed by atoms with Crippen LogP contribution in [-0.4, -0.2) is 6.36 Å². The van der Waals surface area contributed by atoms with Gasteiger partial charge in [0.2, 0.25) is 0 Å². The molecule has 0 spiro atoms. The number of ether oxygens (including phenoxy) is 1. The quantitative estimate of drug-likeness (QED) is 0.847. The molecule has 0 aromatic heterocycles. The molecule has 2 nitrogen and oxygen atoms in total. The molecule has 6 heteroatoms. The third kappa shape index (κ3) is 3.26. The molecule has 0 aliphatic heterocycles. The normalized spacial score (nSPS) is 19.2. The van der Waals surface area contributed by atoms with E-state index < -0.39 is 6.36 Å². The predicted molar refractivity (Wildman–Crippen MR) is 60.2 cm³/mol. The molecule has 1 aliphatic rings. The van der Waals surface area contributed by atoms with Gasteiger partial charge in [-0.3, -0.25) is 0 Å². The Labute approximate surface area is 103 Å². The minimum absolute atomic E-state index is 0. The van der Waals surface area contributed by atoms with Crippen LogP contribution in [0.15, 0.2) is 18.2 Å². The Morgan fingerprint density at radius 2 is 2.00 bits per heavy atom. The highest BCUT2D eigenvalue weighted by molar-refractivity contribution is 5.85. The second kappa shape index (κ2) is 5.14. The molecule has 1 atom stereocenters. The van der Waals surface area contributed by atoms with E-state index in [1.807, 2.05) is 0 Å². The van der Waals surface area contributed by atoms with E-state index >= 15 is 0 Å². The van der Waals surface area contributed by atoms with Gasteiger partial charge in [-0.1, -0.05) is 12.1 Å². The number of rotatable bonds is 1. The molecule has 0 fully saturated rings. The molecule has 0 saturated carbocycles. The smallest absolute Gasteiger partial charge is 0.405 e. The number of nitrogens with two attached hydrogens (primary N) is 1. The Kier molecular flexibility index (Phi) is 4.27. The van der Waals surface area contributed by atoms with Crippen molar-refractivity contribution in [1.82, 2.24) is 0 Å². The van der Waals surface area contributed by atoms with Crippen LogP contribution in [-0.2, 0) is 6.42 Å². The van der Waals surface area contributed by atoms with Crippen LogP contribution < -0.4 is 10.5 Å². The van der Waals surface area contributed by atoms with E-state index in [4.69, 9.17) is 5.73 Å². The summed E-state index contributed by atoms with van der Waals surface area (Å²) in [5.41, 5.74) is 7.21. The average molecular weight is 268 g/mol. The van der Waals surface area contributed by atoms with Crippen molar-refractivity contribution in [1.29, 1.82) is 0 Å². The van der Waals surface area contributed by atoms with Gasteiger partial charge in [0.15, 0.2) is 0 Å². The third-order valence-corrected chi connectivity index (χ3v) is 2.74. The van der Waals surface area contributed by atoms with Gasteiger partial charge in [0.05, 0.1) is 0 Å². The molecular weight excluding hydrogens is 255 g/mol. The van der Waals surface area contributed by atoms with Crippen molar-refractivity contribution in [3.05, 3.63) is 29.3 Å². The van der Waals surface area contributed by atoms with Crippen LogP contribution in [0.5, 0.6) is 5.75 Å². The van der Waals surface area contributed by atoms with Gasteiger partial charge in [0, 0.05) is 6.04 Å². The number of halogens is 4. The fraction of sp³-hybridized carbons (Fsp3) is 0.455. The summed E-state index contributed by atoms with van der Waals surface area (Å²) in [6.07, 6.45) is -2.44. The molecule has 1 unspecified atom stereocenters. The topological polar surface area (TPSA) is 35.2 Å². The Morgan fingerprint density at radius 3 is 2.65 bits per heavy atom. The molecule has 2 N–H and O–H groups in total. The summed E-state index contributed by atoms with van der Waals surface area (Å²) in [5.74, 6) is -0.111. The van der Waals surface area contributed by atoms with Crippen molar-refractivity contribution in [2.75, 3.05) is 0 Å². The summed E-state index contributed by atoms with van der Waals surface area (Å²) in [7, 11) is 0. The van der Waals surface area contributed by atoms with Crippen LogP contribution in [0.25, 0.3) is 0 Å². The number of benzene rings is 1. The molecule has 1 aliphatic carbocycles. The van der Waals surface area contributed by atoms with Crippen molar-refractivity contribution in [3.63, 3.8) is 0 Å². The average Bonchev–Trinajstić information content (AvgIpc) is 2.17. The van der Waals surface area contributed by atoms with Crippen molar-refractivity contribution in [2.45, 2.75) is 31.7 Å². The molecule has 2 rings (SSSR count). The fourth-order valence-corrected chi connectivity index (χ4v) is 2.07. The molecule has 0 amide bonds. The van der Waals surface area contributed by atoms with E-state index in [1.54, 1.807) is 12.1 Å². The summed E-state index contributed by atoms with van der Waals surface area (Å²) in [5, 5.41) is 0. The lowest BCUT2D eigenvalue weighted by molar-refractivity contribution is -0.274. The number of alkyl halides is 3. The maximum absolute atomic E-state index is 12.2. The van der Waals surface area contributed by atoms with Crippen LogP contribution in [0.2, 0.25) is 0 Å². The van der Waals surface area contributed by atoms with Gasteiger partial charge in [-0.25, -0.2) is 0 Å². The predicted octanol–water partition coefficient (Wildman–Crippen LogP) is 3.34. The molecule has 1 aromatic rings. The highest BCUT2D eigenvalue weighted by Gasteiger charge is 2.33. The first-order chi connectivity index (χ1) is 7.47. The van der Waals surface area contributed by atoms with Crippen molar-refractivity contribution >= 4 is 12.4 Å². The van der Waals surface area contributed by atoms with E-state index in [0.29, 0.717) is 12.0 Å². The lowest BCUT2D eigenvalue weighted by Crippen LogP contribution is -2.22. The minimum Gasteiger partial charge on any atom is -0.405 e. The molecule has 0 bridgehead atoms. The van der Waals surface area contributed by atoms with Crippen LogP contribution in [0.1, 0.15) is 30.0 Å². The summed E-state index contributed by atoms with van der Waals surface area (Å²) in [6.45, 7) is 0. The maximum Gasteiger partial charge on any atom is 0.573 e. The largest absolute Gasteiger partial charge is 0.573 e. The van der Waals surface area contributed by atoms with Crippen LogP contribution in [0.3, 0.4) is 0 Å². The fourth-order valence-electron chi connectivity index (χ4n) is 2.07. The monoisotopic (exact) mass is 267 g/mol.